The van der Waals surface area contributed by atoms with Gasteiger partial charge in [-0.05, 0) is 38.8 Å². The molecular weight excluding hydrogens is 166 g/mol. The van der Waals surface area contributed by atoms with Crippen LogP contribution in [0.2, 0.25) is 0 Å². The maximum Gasteiger partial charge on any atom is 0.302 e. The molecule has 0 aromatic heterocycles. The molecule has 0 spiro atoms. The van der Waals surface area contributed by atoms with Crippen LogP contribution in [0.5, 0.6) is 0 Å². The van der Waals surface area contributed by atoms with Crippen LogP contribution in [0.15, 0.2) is 0 Å². The maximum absolute atomic E-state index is 9.82. The minimum Gasteiger partial charge on any atom is -0.466 e. The Labute approximate surface area is 80.8 Å². The Morgan fingerprint density at radius 3 is 2.15 bits per heavy atom. The molecular formula is C10H21NO2. The van der Waals surface area contributed by atoms with E-state index in [4.69, 9.17) is 0 Å². The van der Waals surface area contributed by atoms with E-state index in [-0.39, 0.29) is 5.97 Å². The number of rotatable bonds is 1. The molecule has 1 heterocycles. The highest BCUT2D eigenvalue weighted by atomic mass is 16.5. The molecule has 1 aliphatic rings. The minimum atomic E-state index is -0.211. The highest BCUT2D eigenvalue weighted by Gasteiger charge is 2.04. The molecule has 1 aliphatic heterocycles. The van der Waals surface area contributed by atoms with Crippen LogP contribution >= 0.6 is 0 Å². The summed E-state index contributed by atoms with van der Waals surface area (Å²) in [5, 5.41) is 3.32. The smallest absolute Gasteiger partial charge is 0.302 e. The SMILES string of the molecule is CC1CCNCC1.CCOC(C)=O. The fourth-order valence-electron chi connectivity index (χ4n) is 1.17. The zero-order valence-electron chi connectivity index (χ0n) is 8.93. The number of carbonyl (C=O) groups excluding carboxylic acids is 1. The number of ether oxygens (including phenoxy) is 1. The number of nitrogens with one attached hydrogen (secondary N) is 1. The third kappa shape index (κ3) is 9.34. The summed E-state index contributed by atoms with van der Waals surface area (Å²) in [5.41, 5.74) is 0. The first-order valence-corrected chi connectivity index (χ1v) is 5.00. The van der Waals surface area contributed by atoms with Crippen LogP contribution in [0.4, 0.5) is 0 Å². The van der Waals surface area contributed by atoms with Crippen molar-refractivity contribution < 1.29 is 9.53 Å². The van der Waals surface area contributed by atoms with Gasteiger partial charge in [-0.2, -0.15) is 0 Å². The molecule has 13 heavy (non-hydrogen) atoms. The number of esters is 1. The van der Waals surface area contributed by atoms with E-state index in [0.29, 0.717) is 6.61 Å². The van der Waals surface area contributed by atoms with Crippen molar-refractivity contribution in [3.8, 4) is 0 Å². The first kappa shape index (κ1) is 12.4. The molecule has 0 unspecified atom stereocenters. The van der Waals surface area contributed by atoms with Crippen LogP contribution in [-0.4, -0.2) is 25.7 Å². The molecule has 0 atom stereocenters. The summed E-state index contributed by atoms with van der Waals surface area (Å²) in [6.45, 7) is 8.45. The molecule has 1 fully saturated rings. The van der Waals surface area contributed by atoms with Gasteiger partial charge >= 0.3 is 5.97 Å². The zero-order valence-corrected chi connectivity index (χ0v) is 8.93. The van der Waals surface area contributed by atoms with E-state index in [2.05, 4.69) is 17.0 Å². The van der Waals surface area contributed by atoms with Crippen molar-refractivity contribution in [1.29, 1.82) is 0 Å². The molecule has 3 heteroatoms. The standard InChI is InChI=1S/C6H13N.C4H8O2/c1-6-2-4-7-5-3-6;1-3-6-4(2)5/h6-7H,2-5H2,1H3;3H2,1-2H3. The van der Waals surface area contributed by atoms with E-state index in [1.54, 1.807) is 6.92 Å². The maximum atomic E-state index is 9.82. The lowest BCUT2D eigenvalue weighted by Gasteiger charge is -2.17. The molecule has 0 aromatic carbocycles. The van der Waals surface area contributed by atoms with Crippen LogP contribution in [0.1, 0.15) is 33.6 Å². The van der Waals surface area contributed by atoms with Crippen LogP contribution in [0, 0.1) is 5.92 Å². The van der Waals surface area contributed by atoms with Crippen molar-refractivity contribution in [3.63, 3.8) is 0 Å². The van der Waals surface area contributed by atoms with Crippen molar-refractivity contribution in [2.24, 2.45) is 5.92 Å². The highest BCUT2D eigenvalue weighted by Crippen LogP contribution is 2.08. The van der Waals surface area contributed by atoms with Crippen molar-refractivity contribution in [2.75, 3.05) is 19.7 Å². The number of carbonyl (C=O) groups is 1. The van der Waals surface area contributed by atoms with Gasteiger partial charge in [0.25, 0.3) is 0 Å². The van der Waals surface area contributed by atoms with Gasteiger partial charge in [0.2, 0.25) is 0 Å². The van der Waals surface area contributed by atoms with Crippen molar-refractivity contribution in [3.05, 3.63) is 0 Å². The summed E-state index contributed by atoms with van der Waals surface area (Å²) in [6.07, 6.45) is 2.75. The minimum absolute atomic E-state index is 0.211. The molecule has 0 amide bonds. The van der Waals surface area contributed by atoms with Gasteiger partial charge in [0, 0.05) is 6.92 Å². The Bertz CT molecular complexity index is 131. The summed E-state index contributed by atoms with van der Waals surface area (Å²) >= 11 is 0. The Balaban J connectivity index is 0.000000226. The van der Waals surface area contributed by atoms with Gasteiger partial charge < -0.3 is 10.1 Å². The lowest BCUT2D eigenvalue weighted by atomic mass is 10.0. The van der Waals surface area contributed by atoms with Crippen LogP contribution in [-0.2, 0) is 9.53 Å². The third-order valence-electron chi connectivity index (χ3n) is 1.98. The average Bonchev–Trinajstić information content (AvgIpc) is 2.06. The second-order valence-electron chi connectivity index (χ2n) is 3.36. The number of hydrogen-bond acceptors (Lipinski definition) is 3. The number of hydrogen-bond donors (Lipinski definition) is 1. The van der Waals surface area contributed by atoms with Crippen LogP contribution in [0.25, 0.3) is 0 Å². The predicted molar refractivity (Wildman–Crippen MR) is 53.6 cm³/mol. The lowest BCUT2D eigenvalue weighted by molar-refractivity contribution is -0.140. The van der Waals surface area contributed by atoms with E-state index in [1.807, 2.05) is 0 Å². The quantitative estimate of drug-likeness (QED) is 0.633. The highest BCUT2D eigenvalue weighted by molar-refractivity contribution is 5.65. The van der Waals surface area contributed by atoms with Gasteiger partial charge in [-0.15, -0.1) is 0 Å². The van der Waals surface area contributed by atoms with E-state index < -0.39 is 0 Å². The summed E-state index contributed by atoms with van der Waals surface area (Å²) in [4.78, 5) is 9.82. The molecule has 0 radical (unpaired) electrons. The summed E-state index contributed by atoms with van der Waals surface area (Å²) < 4.78 is 4.40. The molecule has 0 aromatic rings. The molecule has 0 bridgehead atoms. The normalized spacial score (nSPS) is 17.2. The molecule has 1 rings (SSSR count). The zero-order chi connectivity index (χ0) is 10.1. The summed E-state index contributed by atoms with van der Waals surface area (Å²) in [6, 6.07) is 0. The van der Waals surface area contributed by atoms with Crippen molar-refractivity contribution >= 4 is 5.97 Å². The number of piperidine rings is 1. The lowest BCUT2D eigenvalue weighted by Crippen LogP contribution is -2.26. The first-order valence-electron chi connectivity index (χ1n) is 5.00. The Hall–Kier alpha value is -0.570. The largest absolute Gasteiger partial charge is 0.466 e. The van der Waals surface area contributed by atoms with E-state index in [9.17, 15) is 4.79 Å². The molecule has 0 aliphatic carbocycles. The fourth-order valence-corrected chi connectivity index (χ4v) is 1.17. The molecule has 0 saturated carbocycles. The summed E-state index contributed by atoms with van der Waals surface area (Å²) in [7, 11) is 0. The van der Waals surface area contributed by atoms with E-state index in [1.165, 1.54) is 32.9 Å². The van der Waals surface area contributed by atoms with Gasteiger partial charge in [-0.1, -0.05) is 6.92 Å². The van der Waals surface area contributed by atoms with E-state index >= 15 is 0 Å². The Morgan fingerprint density at radius 2 is 2.00 bits per heavy atom. The second-order valence-corrected chi connectivity index (χ2v) is 3.36. The molecule has 78 valence electrons. The van der Waals surface area contributed by atoms with Gasteiger partial charge in [0.05, 0.1) is 6.61 Å². The fraction of sp³-hybridized carbons (Fsp3) is 0.900. The Kier molecular flexibility index (Phi) is 7.69. The van der Waals surface area contributed by atoms with Gasteiger partial charge in [0.15, 0.2) is 0 Å². The van der Waals surface area contributed by atoms with E-state index in [0.717, 1.165) is 5.92 Å². The van der Waals surface area contributed by atoms with Gasteiger partial charge in [0.1, 0.15) is 0 Å². The average molecular weight is 187 g/mol. The van der Waals surface area contributed by atoms with Crippen LogP contribution < -0.4 is 5.32 Å². The monoisotopic (exact) mass is 187 g/mol. The summed E-state index contributed by atoms with van der Waals surface area (Å²) in [5.74, 6) is 0.763. The first-order chi connectivity index (χ1) is 6.16. The van der Waals surface area contributed by atoms with Crippen molar-refractivity contribution in [1.82, 2.24) is 5.32 Å². The van der Waals surface area contributed by atoms with Crippen LogP contribution in [0.3, 0.4) is 0 Å². The molecule has 3 nitrogen and oxygen atoms in total. The molecule has 1 N–H and O–H groups in total. The topological polar surface area (TPSA) is 38.3 Å². The van der Waals surface area contributed by atoms with Crippen molar-refractivity contribution in [2.45, 2.75) is 33.6 Å². The van der Waals surface area contributed by atoms with Gasteiger partial charge in [-0.3, -0.25) is 4.79 Å². The Morgan fingerprint density at radius 1 is 1.46 bits per heavy atom. The second kappa shape index (κ2) is 8.05. The van der Waals surface area contributed by atoms with Gasteiger partial charge in [-0.25, -0.2) is 0 Å². The predicted octanol–water partition coefficient (Wildman–Crippen LogP) is 1.58. The molecule has 1 saturated heterocycles. The third-order valence-corrected chi connectivity index (χ3v) is 1.98.